The Morgan fingerprint density at radius 3 is 2.93 bits per heavy atom. The van der Waals surface area contributed by atoms with Crippen LogP contribution in [0.2, 0.25) is 0 Å². The van der Waals surface area contributed by atoms with Gasteiger partial charge in [0.05, 0.1) is 17.9 Å². The van der Waals surface area contributed by atoms with Crippen LogP contribution in [-0.4, -0.2) is 25.3 Å². The Hall–Kier alpha value is -0.350. The van der Waals surface area contributed by atoms with Crippen molar-refractivity contribution >= 4 is 22.4 Å². The van der Waals surface area contributed by atoms with Crippen molar-refractivity contribution in [2.45, 2.75) is 24.8 Å². The first-order valence-electron chi connectivity index (χ1n) is 4.73. The zero-order valence-corrected chi connectivity index (χ0v) is 9.43. The molecule has 5 heteroatoms. The molecule has 0 spiro atoms. The zero-order chi connectivity index (χ0) is 9.97. The van der Waals surface area contributed by atoms with E-state index >= 15 is 0 Å². The summed E-state index contributed by atoms with van der Waals surface area (Å²) in [4.78, 5) is 4.09. The molecule has 0 aromatic carbocycles. The summed E-state index contributed by atoms with van der Waals surface area (Å²) in [5, 5.41) is 0. The highest BCUT2D eigenvalue weighted by molar-refractivity contribution is 7.85. The van der Waals surface area contributed by atoms with Gasteiger partial charge in [-0.05, 0) is 12.8 Å². The Morgan fingerprint density at radius 1 is 1.57 bits per heavy atom. The lowest BCUT2D eigenvalue weighted by Gasteiger charge is -2.24. The average molecular weight is 233 g/mol. The van der Waals surface area contributed by atoms with Gasteiger partial charge in [0.15, 0.2) is 0 Å². The third-order valence-electron chi connectivity index (χ3n) is 2.63. The van der Waals surface area contributed by atoms with Crippen LogP contribution < -0.4 is 0 Å². The Balaban J connectivity index is 2.11. The fraction of sp³-hybridized carbons (Fsp3) is 0.667. The molecule has 0 atom stereocenters. The Morgan fingerprint density at radius 2 is 2.29 bits per heavy atom. The highest BCUT2D eigenvalue weighted by Gasteiger charge is 2.20. The minimum Gasteiger partial charge on any atom is -0.330 e. The second kappa shape index (κ2) is 4.45. The predicted octanol–water partition coefficient (Wildman–Crippen LogP) is 1.71. The summed E-state index contributed by atoms with van der Waals surface area (Å²) < 4.78 is 13.3. The summed E-state index contributed by atoms with van der Waals surface area (Å²) in [6.45, 7) is 0. The first kappa shape index (κ1) is 10.2. The molecule has 0 bridgehead atoms. The van der Waals surface area contributed by atoms with Crippen molar-refractivity contribution in [2.24, 2.45) is 0 Å². The number of aromatic nitrogens is 2. The minimum absolute atomic E-state index is 0.448. The van der Waals surface area contributed by atoms with Crippen LogP contribution in [0, 0.1) is 0 Å². The van der Waals surface area contributed by atoms with Gasteiger partial charge in [-0.1, -0.05) is 0 Å². The topological polar surface area (TPSA) is 34.9 Å². The third-order valence-corrected chi connectivity index (χ3v) is 4.29. The van der Waals surface area contributed by atoms with Crippen molar-refractivity contribution in [3.63, 3.8) is 0 Å². The van der Waals surface area contributed by atoms with Crippen LogP contribution in [0.5, 0.6) is 0 Å². The number of imidazole rings is 1. The average Bonchev–Trinajstić information content (AvgIpc) is 2.67. The normalized spacial score (nSPS) is 27.8. The monoisotopic (exact) mass is 232 g/mol. The summed E-state index contributed by atoms with van der Waals surface area (Å²) >= 11 is 5.80. The van der Waals surface area contributed by atoms with E-state index in [2.05, 4.69) is 9.55 Å². The lowest BCUT2D eigenvalue weighted by Crippen LogP contribution is -2.22. The summed E-state index contributed by atoms with van der Waals surface area (Å²) in [5.41, 5.74) is 1.06. The number of nitrogens with zero attached hydrogens (tertiary/aromatic N) is 2. The molecule has 0 radical (unpaired) electrons. The van der Waals surface area contributed by atoms with E-state index in [1.807, 2.05) is 6.33 Å². The highest BCUT2D eigenvalue weighted by atomic mass is 35.5. The molecule has 78 valence electrons. The predicted molar refractivity (Wildman–Crippen MR) is 57.9 cm³/mol. The Kier molecular flexibility index (Phi) is 3.23. The summed E-state index contributed by atoms with van der Waals surface area (Å²) in [5.74, 6) is 2.12. The molecular formula is C9H13ClN2OS. The van der Waals surface area contributed by atoms with Gasteiger partial charge < -0.3 is 4.57 Å². The minimum atomic E-state index is -0.598. The van der Waals surface area contributed by atoms with Gasteiger partial charge in [-0.2, -0.15) is 0 Å². The zero-order valence-electron chi connectivity index (χ0n) is 7.86. The SMILES string of the molecule is O=S1CCC(n2cncc2CCl)CC1. The molecule has 1 aliphatic rings. The molecule has 0 aliphatic carbocycles. The van der Waals surface area contributed by atoms with Crippen molar-refractivity contribution in [1.82, 2.24) is 9.55 Å². The standard InChI is InChI=1S/C9H13ClN2OS/c10-5-9-6-11-7-12(9)8-1-3-14(13)4-2-8/h6-8H,1-5H2. The van der Waals surface area contributed by atoms with E-state index in [9.17, 15) is 4.21 Å². The van der Waals surface area contributed by atoms with E-state index in [4.69, 9.17) is 11.6 Å². The molecule has 0 saturated carbocycles. The molecule has 2 heterocycles. The molecule has 14 heavy (non-hydrogen) atoms. The first-order chi connectivity index (χ1) is 6.81. The van der Waals surface area contributed by atoms with Gasteiger partial charge in [0.25, 0.3) is 0 Å². The second-order valence-corrected chi connectivity index (χ2v) is 5.47. The molecule has 1 aromatic heterocycles. The Bertz CT molecular complexity index is 329. The van der Waals surface area contributed by atoms with Crippen molar-refractivity contribution in [3.8, 4) is 0 Å². The fourth-order valence-electron chi connectivity index (χ4n) is 1.82. The van der Waals surface area contributed by atoms with Crippen molar-refractivity contribution in [3.05, 3.63) is 18.2 Å². The molecular weight excluding hydrogens is 220 g/mol. The summed E-state index contributed by atoms with van der Waals surface area (Å²) in [7, 11) is -0.598. The molecule has 1 fully saturated rings. The van der Waals surface area contributed by atoms with Crippen LogP contribution >= 0.6 is 11.6 Å². The van der Waals surface area contributed by atoms with Gasteiger partial charge in [0.1, 0.15) is 0 Å². The summed E-state index contributed by atoms with van der Waals surface area (Å²) in [6, 6.07) is 0.448. The number of rotatable bonds is 2. The molecule has 1 aromatic rings. The maximum Gasteiger partial charge on any atom is 0.0951 e. The molecule has 2 rings (SSSR count). The molecule has 0 unspecified atom stereocenters. The van der Waals surface area contributed by atoms with E-state index in [0.29, 0.717) is 11.9 Å². The quantitative estimate of drug-likeness (QED) is 0.728. The van der Waals surface area contributed by atoms with Crippen molar-refractivity contribution in [1.29, 1.82) is 0 Å². The maximum absolute atomic E-state index is 11.2. The number of halogens is 1. The van der Waals surface area contributed by atoms with Crippen molar-refractivity contribution < 1.29 is 4.21 Å². The van der Waals surface area contributed by atoms with Gasteiger partial charge in [-0.15, -0.1) is 11.6 Å². The smallest absolute Gasteiger partial charge is 0.0951 e. The fourth-order valence-corrected chi connectivity index (χ4v) is 3.30. The lowest BCUT2D eigenvalue weighted by molar-refractivity contribution is 0.453. The van der Waals surface area contributed by atoms with Gasteiger partial charge in [-0.25, -0.2) is 4.98 Å². The molecule has 3 nitrogen and oxygen atoms in total. The molecule has 1 aliphatic heterocycles. The van der Waals surface area contributed by atoms with E-state index < -0.39 is 10.8 Å². The van der Waals surface area contributed by atoms with Crippen LogP contribution in [-0.2, 0) is 16.7 Å². The second-order valence-electron chi connectivity index (χ2n) is 3.51. The molecule has 0 N–H and O–H groups in total. The number of hydrogen-bond acceptors (Lipinski definition) is 2. The Labute approximate surface area is 90.9 Å². The van der Waals surface area contributed by atoms with E-state index in [1.165, 1.54) is 0 Å². The van der Waals surface area contributed by atoms with Crippen LogP contribution in [0.15, 0.2) is 12.5 Å². The van der Waals surface area contributed by atoms with Crippen molar-refractivity contribution in [2.75, 3.05) is 11.5 Å². The van der Waals surface area contributed by atoms with Crippen LogP contribution in [0.3, 0.4) is 0 Å². The number of hydrogen-bond donors (Lipinski definition) is 0. The van der Waals surface area contributed by atoms with Gasteiger partial charge in [-0.3, -0.25) is 4.21 Å². The number of alkyl halides is 1. The van der Waals surface area contributed by atoms with E-state index in [-0.39, 0.29) is 0 Å². The van der Waals surface area contributed by atoms with Gasteiger partial charge >= 0.3 is 0 Å². The molecule has 1 saturated heterocycles. The van der Waals surface area contributed by atoms with Gasteiger partial charge in [0, 0.05) is 34.5 Å². The van der Waals surface area contributed by atoms with E-state index in [1.54, 1.807) is 6.20 Å². The lowest BCUT2D eigenvalue weighted by atomic mass is 10.1. The van der Waals surface area contributed by atoms with E-state index in [0.717, 1.165) is 30.0 Å². The maximum atomic E-state index is 11.2. The molecule has 0 amide bonds. The van der Waals surface area contributed by atoms with Crippen LogP contribution in [0.4, 0.5) is 0 Å². The van der Waals surface area contributed by atoms with Gasteiger partial charge in [0.2, 0.25) is 0 Å². The third kappa shape index (κ3) is 2.01. The highest BCUT2D eigenvalue weighted by Crippen LogP contribution is 2.24. The summed E-state index contributed by atoms with van der Waals surface area (Å²) in [6.07, 6.45) is 5.59. The first-order valence-corrected chi connectivity index (χ1v) is 6.75. The van der Waals surface area contributed by atoms with Crippen LogP contribution in [0.25, 0.3) is 0 Å². The largest absolute Gasteiger partial charge is 0.330 e. The van der Waals surface area contributed by atoms with Crippen LogP contribution in [0.1, 0.15) is 24.6 Å².